The molecule has 0 aromatic carbocycles. The van der Waals surface area contributed by atoms with Gasteiger partial charge in [0.1, 0.15) is 0 Å². The van der Waals surface area contributed by atoms with Crippen LogP contribution in [0.25, 0.3) is 0 Å². The first-order valence-corrected chi connectivity index (χ1v) is 3.14. The van der Waals surface area contributed by atoms with E-state index in [1.165, 1.54) is 0 Å². The molecule has 0 saturated carbocycles. The molecule has 0 saturated heterocycles. The van der Waals surface area contributed by atoms with Crippen molar-refractivity contribution in [1.29, 1.82) is 0 Å². The van der Waals surface area contributed by atoms with Crippen molar-refractivity contribution < 1.29 is 0 Å². The standard InChI is InChI=1S/C7H10N3/c1-3-4-6-5-9-10-7(6)8-2/h3,5H,1-2H3,(H2,8,9,10)/q+1. The zero-order valence-corrected chi connectivity index (χ0v) is 6.10. The van der Waals surface area contributed by atoms with Crippen LogP contribution in [0.1, 0.15) is 12.5 Å². The Bertz CT molecular complexity index is 225. The highest BCUT2D eigenvalue weighted by Gasteiger charge is 2.08. The highest BCUT2D eigenvalue weighted by molar-refractivity contribution is 5.45. The molecule has 3 nitrogen and oxygen atoms in total. The third-order valence-electron chi connectivity index (χ3n) is 1.19. The van der Waals surface area contributed by atoms with E-state index in [4.69, 9.17) is 0 Å². The lowest BCUT2D eigenvalue weighted by atomic mass is 10.3. The predicted molar refractivity (Wildman–Crippen MR) is 40.7 cm³/mol. The SMILES string of the molecule is CC=[C+]c1cn[nH]c1NC. The predicted octanol–water partition coefficient (Wildman–Crippen LogP) is 1.18. The van der Waals surface area contributed by atoms with Crippen molar-refractivity contribution >= 4 is 5.82 Å². The van der Waals surface area contributed by atoms with E-state index in [0.717, 1.165) is 11.4 Å². The van der Waals surface area contributed by atoms with Crippen LogP contribution < -0.4 is 5.32 Å². The van der Waals surface area contributed by atoms with E-state index in [0.29, 0.717) is 0 Å². The molecule has 0 atom stereocenters. The van der Waals surface area contributed by atoms with Crippen molar-refractivity contribution in [1.82, 2.24) is 10.2 Å². The summed E-state index contributed by atoms with van der Waals surface area (Å²) in [6.45, 7) is 1.92. The Labute approximate surface area is 60.1 Å². The van der Waals surface area contributed by atoms with Crippen LogP contribution in [-0.2, 0) is 0 Å². The Balaban J connectivity index is 2.90. The zero-order chi connectivity index (χ0) is 7.40. The molecule has 1 aromatic rings. The summed E-state index contributed by atoms with van der Waals surface area (Å²) >= 11 is 0. The molecule has 52 valence electrons. The molecule has 2 N–H and O–H groups in total. The van der Waals surface area contributed by atoms with Gasteiger partial charge in [-0.2, -0.15) is 5.10 Å². The Hall–Kier alpha value is -1.34. The van der Waals surface area contributed by atoms with Gasteiger partial charge in [0, 0.05) is 19.2 Å². The van der Waals surface area contributed by atoms with E-state index in [1.807, 2.05) is 20.0 Å². The van der Waals surface area contributed by atoms with Crippen molar-refractivity contribution in [2.24, 2.45) is 0 Å². The van der Waals surface area contributed by atoms with Crippen LogP contribution in [0.5, 0.6) is 0 Å². The van der Waals surface area contributed by atoms with Crippen LogP contribution in [0.15, 0.2) is 12.3 Å². The maximum absolute atomic E-state index is 3.84. The molecule has 0 radical (unpaired) electrons. The second-order valence-corrected chi connectivity index (χ2v) is 1.84. The second kappa shape index (κ2) is 2.99. The van der Waals surface area contributed by atoms with E-state index in [2.05, 4.69) is 21.6 Å². The van der Waals surface area contributed by atoms with Gasteiger partial charge in [-0.05, 0) is 6.92 Å². The maximum atomic E-state index is 3.84. The first kappa shape index (κ1) is 6.78. The normalized spacial score (nSPS) is 9.80. The fourth-order valence-corrected chi connectivity index (χ4v) is 0.742. The minimum absolute atomic E-state index is 0.901. The van der Waals surface area contributed by atoms with Crippen molar-refractivity contribution in [2.45, 2.75) is 6.92 Å². The number of H-pyrrole nitrogens is 1. The fraction of sp³-hybridized carbons (Fsp3) is 0.286. The smallest absolute Gasteiger partial charge is 0.251 e. The van der Waals surface area contributed by atoms with Gasteiger partial charge in [-0.25, -0.2) is 0 Å². The molecular weight excluding hydrogens is 126 g/mol. The van der Waals surface area contributed by atoms with Gasteiger partial charge in [-0.15, -0.1) is 0 Å². The number of rotatable bonds is 2. The summed E-state index contributed by atoms with van der Waals surface area (Å²) in [5.41, 5.74) is 0.963. The lowest BCUT2D eigenvalue weighted by Gasteiger charge is -1.83. The number of nitrogens with one attached hydrogen (secondary N) is 2. The maximum Gasteiger partial charge on any atom is 0.251 e. The molecule has 0 aliphatic heterocycles. The van der Waals surface area contributed by atoms with Gasteiger partial charge < -0.3 is 5.32 Å². The van der Waals surface area contributed by atoms with Gasteiger partial charge in [0.25, 0.3) is 5.56 Å². The summed E-state index contributed by atoms with van der Waals surface area (Å²) in [6.07, 6.45) is 6.61. The lowest BCUT2D eigenvalue weighted by molar-refractivity contribution is 1.09. The van der Waals surface area contributed by atoms with E-state index in [9.17, 15) is 0 Å². The van der Waals surface area contributed by atoms with Crippen molar-refractivity contribution in [3.63, 3.8) is 0 Å². The van der Waals surface area contributed by atoms with Gasteiger partial charge >= 0.3 is 0 Å². The molecule has 0 aliphatic rings. The molecule has 0 unspecified atom stereocenters. The first-order chi connectivity index (χ1) is 4.88. The molecule has 1 aromatic heterocycles. The summed E-state index contributed by atoms with van der Waals surface area (Å²) in [6, 6.07) is 0. The highest BCUT2D eigenvalue weighted by Crippen LogP contribution is 2.08. The van der Waals surface area contributed by atoms with Crippen molar-refractivity contribution in [3.05, 3.63) is 23.9 Å². The zero-order valence-electron chi connectivity index (χ0n) is 6.10. The molecule has 10 heavy (non-hydrogen) atoms. The first-order valence-electron chi connectivity index (χ1n) is 3.14. The number of hydrogen-bond acceptors (Lipinski definition) is 2. The van der Waals surface area contributed by atoms with Gasteiger partial charge in [0.05, 0.1) is 0 Å². The molecule has 1 heterocycles. The van der Waals surface area contributed by atoms with E-state index < -0.39 is 0 Å². The largest absolute Gasteiger partial charge is 0.321 e. The van der Waals surface area contributed by atoms with Gasteiger partial charge in [-0.1, -0.05) is 5.10 Å². The fourth-order valence-electron chi connectivity index (χ4n) is 0.742. The quantitative estimate of drug-likeness (QED) is 0.599. The van der Waals surface area contributed by atoms with E-state index in [1.54, 1.807) is 6.20 Å². The molecule has 1 rings (SSSR count). The number of allylic oxidation sites excluding steroid dienone is 1. The van der Waals surface area contributed by atoms with Crippen molar-refractivity contribution in [2.75, 3.05) is 12.4 Å². The third-order valence-corrected chi connectivity index (χ3v) is 1.19. The summed E-state index contributed by atoms with van der Waals surface area (Å²) in [5, 5.41) is 9.60. The van der Waals surface area contributed by atoms with Gasteiger partial charge in [0.15, 0.2) is 6.20 Å². The monoisotopic (exact) mass is 136 g/mol. The molecule has 3 heteroatoms. The third kappa shape index (κ3) is 1.14. The molecule has 0 spiro atoms. The Morgan fingerprint density at radius 1 is 1.80 bits per heavy atom. The van der Waals surface area contributed by atoms with Gasteiger partial charge in [-0.3, -0.25) is 0 Å². The van der Waals surface area contributed by atoms with Gasteiger partial charge in [0.2, 0.25) is 5.82 Å². The Kier molecular flexibility index (Phi) is 2.03. The molecule has 0 aliphatic carbocycles. The van der Waals surface area contributed by atoms with Crippen LogP contribution in [0, 0.1) is 6.08 Å². The van der Waals surface area contributed by atoms with Crippen LogP contribution in [-0.4, -0.2) is 17.2 Å². The molecule has 0 amide bonds. The molecule has 0 bridgehead atoms. The number of aromatic nitrogens is 2. The Morgan fingerprint density at radius 2 is 2.60 bits per heavy atom. The summed E-state index contributed by atoms with van der Waals surface area (Å²) in [7, 11) is 1.84. The highest BCUT2D eigenvalue weighted by atomic mass is 15.2. The van der Waals surface area contributed by atoms with Crippen LogP contribution in [0.3, 0.4) is 0 Å². The summed E-state index contributed by atoms with van der Waals surface area (Å²) in [5.74, 6) is 0.901. The number of nitrogens with zero attached hydrogens (tertiary/aromatic N) is 1. The van der Waals surface area contributed by atoms with Crippen LogP contribution in [0.4, 0.5) is 5.82 Å². The minimum Gasteiger partial charge on any atom is -0.321 e. The number of anilines is 1. The average molecular weight is 136 g/mol. The average Bonchev–Trinajstić information content (AvgIpc) is 2.36. The van der Waals surface area contributed by atoms with Crippen LogP contribution in [0.2, 0.25) is 0 Å². The molecule has 0 fully saturated rings. The second-order valence-electron chi connectivity index (χ2n) is 1.84. The molecular formula is C7H10N3+. The summed E-state index contributed by atoms with van der Waals surface area (Å²) in [4.78, 5) is 0. The summed E-state index contributed by atoms with van der Waals surface area (Å²) < 4.78 is 0. The van der Waals surface area contributed by atoms with Crippen LogP contribution >= 0.6 is 0 Å². The van der Waals surface area contributed by atoms with Crippen molar-refractivity contribution in [3.8, 4) is 0 Å². The van der Waals surface area contributed by atoms with E-state index >= 15 is 0 Å². The topological polar surface area (TPSA) is 40.7 Å². The number of hydrogen-bond donors (Lipinski definition) is 2. The van der Waals surface area contributed by atoms with E-state index in [-0.39, 0.29) is 0 Å². The Morgan fingerprint density at radius 3 is 3.20 bits per heavy atom. The number of aromatic amines is 1. The minimum atomic E-state index is 0.901. The lowest BCUT2D eigenvalue weighted by Crippen LogP contribution is -1.89.